The Labute approximate surface area is 179 Å². The molecule has 0 spiro atoms. The Hall–Kier alpha value is -3.71. The van der Waals surface area contributed by atoms with Gasteiger partial charge in [0.15, 0.2) is 5.11 Å². The largest absolute Gasteiger partial charge is 0.497 e. The van der Waals surface area contributed by atoms with Crippen molar-refractivity contribution in [1.82, 2.24) is 9.88 Å². The fraction of sp³-hybridized carbons (Fsp3) is 0.0870. The maximum atomic E-state index is 13.2. The number of rotatable bonds is 4. The lowest BCUT2D eigenvalue weighted by Crippen LogP contribution is -2.54. The highest BCUT2D eigenvalue weighted by molar-refractivity contribution is 7.80. The highest BCUT2D eigenvalue weighted by atomic mass is 32.1. The number of carbonyl (C=O) groups excluding carboxylic acids is 2. The van der Waals surface area contributed by atoms with E-state index in [0.717, 1.165) is 17.0 Å². The lowest BCUT2D eigenvalue weighted by atomic mass is 10.1. The number of carbonyl (C=O) groups is 2. The number of aromatic nitrogens is 1. The van der Waals surface area contributed by atoms with Gasteiger partial charge in [0.1, 0.15) is 11.3 Å². The van der Waals surface area contributed by atoms with Gasteiger partial charge in [-0.25, -0.2) is 0 Å². The van der Waals surface area contributed by atoms with E-state index in [1.807, 2.05) is 72.3 Å². The van der Waals surface area contributed by atoms with Gasteiger partial charge in [0.2, 0.25) is 0 Å². The van der Waals surface area contributed by atoms with Gasteiger partial charge >= 0.3 is 0 Å². The molecule has 0 radical (unpaired) electrons. The van der Waals surface area contributed by atoms with Crippen LogP contribution in [0.4, 0.5) is 5.69 Å². The molecule has 7 heteroatoms. The molecule has 2 amide bonds. The van der Waals surface area contributed by atoms with E-state index in [4.69, 9.17) is 17.0 Å². The number of nitrogens with zero attached hydrogens (tertiary/aromatic N) is 2. The smallest absolute Gasteiger partial charge is 0.270 e. The summed E-state index contributed by atoms with van der Waals surface area (Å²) in [6.07, 6.45) is 3.44. The molecule has 4 rings (SSSR count). The fourth-order valence-corrected chi connectivity index (χ4v) is 3.58. The maximum Gasteiger partial charge on any atom is 0.270 e. The van der Waals surface area contributed by atoms with E-state index in [1.54, 1.807) is 19.3 Å². The van der Waals surface area contributed by atoms with Crippen LogP contribution >= 0.6 is 12.2 Å². The average molecular weight is 417 g/mol. The van der Waals surface area contributed by atoms with E-state index >= 15 is 0 Å². The first-order valence-electron chi connectivity index (χ1n) is 9.28. The lowest BCUT2D eigenvalue weighted by Gasteiger charge is -2.29. The zero-order valence-corrected chi connectivity index (χ0v) is 17.3. The number of thiocarbonyl (C=S) groups is 1. The van der Waals surface area contributed by atoms with E-state index in [-0.39, 0.29) is 10.7 Å². The minimum Gasteiger partial charge on any atom is -0.497 e. The third kappa shape index (κ3) is 3.62. The van der Waals surface area contributed by atoms with Crippen LogP contribution in [0.2, 0.25) is 0 Å². The summed E-state index contributed by atoms with van der Waals surface area (Å²) in [6, 6.07) is 18.6. The molecule has 2 heterocycles. The highest BCUT2D eigenvalue weighted by Gasteiger charge is 2.34. The van der Waals surface area contributed by atoms with Crippen LogP contribution < -0.4 is 15.0 Å². The molecule has 1 N–H and O–H groups in total. The molecule has 30 heavy (non-hydrogen) atoms. The molecule has 6 nitrogen and oxygen atoms in total. The Kier molecular flexibility index (Phi) is 5.20. The van der Waals surface area contributed by atoms with Crippen molar-refractivity contribution >= 4 is 40.9 Å². The van der Waals surface area contributed by atoms with Crippen molar-refractivity contribution in [3.8, 4) is 11.4 Å². The van der Waals surface area contributed by atoms with Gasteiger partial charge in [0.05, 0.1) is 12.8 Å². The van der Waals surface area contributed by atoms with Crippen molar-refractivity contribution in [3.63, 3.8) is 0 Å². The number of amides is 2. The third-order valence-electron chi connectivity index (χ3n) is 4.78. The molecular weight excluding hydrogens is 398 g/mol. The molecule has 1 aliphatic rings. The summed E-state index contributed by atoms with van der Waals surface area (Å²) in [6.45, 7) is 1.93. The number of ether oxygens (including phenoxy) is 1. The summed E-state index contributed by atoms with van der Waals surface area (Å²) in [5.74, 6) is -0.233. The minimum absolute atomic E-state index is 0.0126. The number of hydrogen-bond acceptors (Lipinski definition) is 4. The number of methoxy groups -OCH3 is 1. The SMILES string of the molecule is COc1ccc(-n2cccc2/C=C2\C(=O)NC(=S)N(c3cccc(C)c3)C2=O)cc1. The molecule has 0 aliphatic carbocycles. The molecular formula is C23H19N3O3S. The first-order chi connectivity index (χ1) is 14.5. The third-order valence-corrected chi connectivity index (χ3v) is 5.07. The molecule has 0 saturated carbocycles. The second-order valence-corrected chi connectivity index (χ2v) is 7.18. The lowest BCUT2D eigenvalue weighted by molar-refractivity contribution is -0.122. The van der Waals surface area contributed by atoms with Crippen LogP contribution in [0, 0.1) is 6.92 Å². The van der Waals surface area contributed by atoms with Crippen LogP contribution in [-0.4, -0.2) is 28.6 Å². The number of aryl methyl sites for hydroxylation is 1. The normalized spacial score (nSPS) is 15.5. The molecule has 150 valence electrons. The van der Waals surface area contributed by atoms with Crippen molar-refractivity contribution in [3.05, 3.63) is 83.7 Å². The number of benzene rings is 2. The minimum atomic E-state index is -0.517. The van der Waals surface area contributed by atoms with Crippen molar-refractivity contribution in [2.24, 2.45) is 0 Å². The van der Waals surface area contributed by atoms with Gasteiger partial charge in [-0.15, -0.1) is 0 Å². The summed E-state index contributed by atoms with van der Waals surface area (Å²) in [5, 5.41) is 2.69. The Bertz CT molecular complexity index is 1180. The Morgan fingerprint density at radius 3 is 2.47 bits per heavy atom. The molecule has 1 saturated heterocycles. The molecule has 2 aromatic carbocycles. The van der Waals surface area contributed by atoms with Crippen LogP contribution in [0.1, 0.15) is 11.3 Å². The van der Waals surface area contributed by atoms with Crippen molar-refractivity contribution < 1.29 is 14.3 Å². The van der Waals surface area contributed by atoms with E-state index in [2.05, 4.69) is 5.32 Å². The van der Waals surface area contributed by atoms with Crippen LogP contribution in [-0.2, 0) is 9.59 Å². The van der Waals surface area contributed by atoms with E-state index in [0.29, 0.717) is 11.4 Å². The molecule has 0 unspecified atom stereocenters. The maximum absolute atomic E-state index is 13.2. The topological polar surface area (TPSA) is 63.6 Å². The first-order valence-corrected chi connectivity index (χ1v) is 9.68. The number of anilines is 1. The van der Waals surface area contributed by atoms with Crippen LogP contribution in [0.5, 0.6) is 5.75 Å². The van der Waals surface area contributed by atoms with Gasteiger partial charge in [-0.05, 0) is 79.3 Å². The summed E-state index contributed by atoms with van der Waals surface area (Å²) in [4.78, 5) is 27.1. The van der Waals surface area contributed by atoms with Gasteiger partial charge < -0.3 is 9.30 Å². The Balaban J connectivity index is 1.73. The van der Waals surface area contributed by atoms with Gasteiger partial charge in [-0.2, -0.15) is 0 Å². The van der Waals surface area contributed by atoms with E-state index in [1.165, 1.54) is 4.90 Å². The van der Waals surface area contributed by atoms with Crippen molar-refractivity contribution in [1.29, 1.82) is 0 Å². The molecule has 0 atom stereocenters. The average Bonchev–Trinajstić information content (AvgIpc) is 3.19. The first kappa shape index (κ1) is 19.6. The summed E-state index contributed by atoms with van der Waals surface area (Å²) < 4.78 is 7.09. The predicted octanol–water partition coefficient (Wildman–Crippen LogP) is 3.63. The molecule has 3 aromatic rings. The molecule has 1 fully saturated rings. The number of hydrogen-bond donors (Lipinski definition) is 1. The molecule has 1 aliphatic heterocycles. The summed E-state index contributed by atoms with van der Waals surface area (Å²) >= 11 is 5.26. The number of nitrogens with one attached hydrogen (secondary N) is 1. The van der Waals surface area contributed by atoms with Crippen LogP contribution in [0.15, 0.2) is 72.4 Å². The van der Waals surface area contributed by atoms with Gasteiger partial charge in [-0.1, -0.05) is 12.1 Å². The van der Waals surface area contributed by atoms with Crippen molar-refractivity contribution in [2.75, 3.05) is 12.0 Å². The second-order valence-electron chi connectivity index (χ2n) is 6.80. The van der Waals surface area contributed by atoms with Gasteiger partial charge in [0, 0.05) is 17.6 Å². The van der Waals surface area contributed by atoms with Gasteiger partial charge in [-0.3, -0.25) is 19.8 Å². The van der Waals surface area contributed by atoms with Crippen LogP contribution in [0.3, 0.4) is 0 Å². The fourth-order valence-electron chi connectivity index (χ4n) is 3.30. The predicted molar refractivity (Wildman–Crippen MR) is 120 cm³/mol. The monoisotopic (exact) mass is 417 g/mol. The summed E-state index contributed by atoms with van der Waals surface area (Å²) in [7, 11) is 1.61. The zero-order valence-electron chi connectivity index (χ0n) is 16.5. The Morgan fingerprint density at radius 1 is 1.00 bits per heavy atom. The standard InChI is InChI=1S/C23H19N3O3S/c1-15-5-3-6-18(13-15)26-22(28)20(21(27)24-23(26)30)14-17-7-4-12-25(17)16-8-10-19(29-2)11-9-16/h3-14H,1-2H3,(H,24,27,30)/b20-14+. The second kappa shape index (κ2) is 7.96. The van der Waals surface area contributed by atoms with Gasteiger partial charge in [0.25, 0.3) is 11.8 Å². The van der Waals surface area contributed by atoms with E-state index < -0.39 is 11.8 Å². The van der Waals surface area contributed by atoms with E-state index in [9.17, 15) is 9.59 Å². The molecule has 1 aromatic heterocycles. The van der Waals surface area contributed by atoms with Crippen molar-refractivity contribution in [2.45, 2.75) is 6.92 Å². The van der Waals surface area contributed by atoms with Crippen LogP contribution in [0.25, 0.3) is 11.8 Å². The highest BCUT2D eigenvalue weighted by Crippen LogP contribution is 2.24. The quantitative estimate of drug-likeness (QED) is 0.400. The zero-order chi connectivity index (χ0) is 21.3. The summed E-state index contributed by atoms with van der Waals surface area (Å²) in [5.41, 5.74) is 3.18. The Morgan fingerprint density at radius 2 is 1.77 bits per heavy atom. The molecule has 0 bridgehead atoms.